The third kappa shape index (κ3) is 4.33. The van der Waals surface area contributed by atoms with E-state index in [-0.39, 0.29) is 0 Å². The van der Waals surface area contributed by atoms with Crippen LogP contribution in [0.2, 0.25) is 0 Å². The van der Waals surface area contributed by atoms with Crippen LogP contribution in [0, 0.1) is 6.92 Å². The Kier molecular flexibility index (Phi) is 4.72. The zero-order chi connectivity index (χ0) is 18.0. The minimum absolute atomic E-state index is 0.317. The lowest BCUT2D eigenvalue weighted by Gasteiger charge is -2.19. The summed E-state index contributed by atoms with van der Waals surface area (Å²) in [5.74, 6) is 0. The zero-order valence-electron chi connectivity index (χ0n) is 14.8. The number of rotatable bonds is 3. The lowest BCUT2D eigenvalue weighted by Crippen LogP contribution is -2.32. The van der Waals surface area contributed by atoms with Crippen LogP contribution in [0.15, 0.2) is 35.8 Å². The minimum atomic E-state index is -0.515. The number of ether oxygens (including phenoxy) is 1. The normalized spacial score (nSPS) is 11.5. The molecule has 0 unspecified atom stereocenters. The van der Waals surface area contributed by atoms with Gasteiger partial charge in [-0.25, -0.2) is 4.79 Å². The first kappa shape index (κ1) is 17.4. The van der Waals surface area contributed by atoms with Gasteiger partial charge in [-0.3, -0.25) is 9.97 Å². The second kappa shape index (κ2) is 6.80. The number of aryl methyl sites for hydroxylation is 1. The molecule has 0 saturated carbocycles. The summed E-state index contributed by atoms with van der Waals surface area (Å²) in [5, 5.41) is 4.85. The number of thiophene rings is 1. The van der Waals surface area contributed by atoms with Crippen molar-refractivity contribution < 1.29 is 9.53 Å². The van der Waals surface area contributed by atoms with E-state index in [1.807, 2.05) is 45.9 Å². The molecule has 3 rings (SSSR count). The van der Waals surface area contributed by atoms with Crippen molar-refractivity contribution in [2.24, 2.45) is 0 Å². The Morgan fingerprint density at radius 2 is 2.08 bits per heavy atom. The van der Waals surface area contributed by atoms with Crippen LogP contribution in [0.3, 0.4) is 0 Å². The quantitative estimate of drug-likeness (QED) is 0.740. The van der Waals surface area contributed by atoms with Crippen LogP contribution in [0.25, 0.3) is 21.3 Å². The number of hydrogen-bond donors (Lipinski definition) is 1. The van der Waals surface area contributed by atoms with E-state index in [1.54, 1.807) is 17.5 Å². The largest absolute Gasteiger partial charge is 0.444 e. The van der Waals surface area contributed by atoms with Gasteiger partial charge in [0.15, 0.2) is 0 Å². The molecule has 0 spiro atoms. The summed E-state index contributed by atoms with van der Waals surface area (Å²) in [4.78, 5) is 20.8. The number of carbonyl (C=O) groups is 1. The van der Waals surface area contributed by atoms with Crippen LogP contribution in [0.5, 0.6) is 0 Å². The molecule has 0 saturated heterocycles. The van der Waals surface area contributed by atoms with Crippen LogP contribution in [-0.4, -0.2) is 21.7 Å². The highest BCUT2D eigenvalue weighted by Crippen LogP contribution is 2.32. The number of nitrogens with zero attached hydrogens (tertiary/aromatic N) is 2. The molecule has 25 heavy (non-hydrogen) atoms. The predicted molar refractivity (Wildman–Crippen MR) is 101 cm³/mol. The highest BCUT2D eigenvalue weighted by Gasteiger charge is 2.16. The number of alkyl carbamates (subject to hydrolysis) is 1. The van der Waals surface area contributed by atoms with Gasteiger partial charge < -0.3 is 10.1 Å². The Morgan fingerprint density at radius 1 is 1.28 bits per heavy atom. The van der Waals surface area contributed by atoms with Crippen LogP contribution >= 0.6 is 11.3 Å². The SMILES string of the molecule is Cc1ccc2scc(-c3ccnc(CNC(=O)OC(C)(C)C)c3)c2n1. The molecule has 3 heterocycles. The molecule has 0 aromatic carbocycles. The maximum absolute atomic E-state index is 11.8. The van der Waals surface area contributed by atoms with Gasteiger partial charge in [0.25, 0.3) is 0 Å². The van der Waals surface area contributed by atoms with Crippen molar-refractivity contribution >= 4 is 27.6 Å². The van der Waals surface area contributed by atoms with Crippen molar-refractivity contribution in [2.75, 3.05) is 0 Å². The average Bonchev–Trinajstić information content (AvgIpc) is 2.94. The van der Waals surface area contributed by atoms with Crippen LogP contribution in [0.4, 0.5) is 4.79 Å². The van der Waals surface area contributed by atoms with Gasteiger partial charge in [0.05, 0.1) is 22.5 Å². The Hall–Kier alpha value is -2.47. The maximum atomic E-state index is 11.8. The molecule has 0 atom stereocenters. The van der Waals surface area contributed by atoms with Gasteiger partial charge in [-0.1, -0.05) is 0 Å². The molecule has 1 N–H and O–H groups in total. The van der Waals surface area contributed by atoms with Crippen molar-refractivity contribution in [3.05, 3.63) is 47.2 Å². The van der Waals surface area contributed by atoms with Crippen LogP contribution in [-0.2, 0) is 11.3 Å². The Balaban J connectivity index is 1.79. The van der Waals surface area contributed by atoms with E-state index >= 15 is 0 Å². The Labute approximate surface area is 151 Å². The van der Waals surface area contributed by atoms with Crippen molar-refractivity contribution in [3.8, 4) is 11.1 Å². The van der Waals surface area contributed by atoms with Crippen molar-refractivity contribution in [1.82, 2.24) is 15.3 Å². The van der Waals surface area contributed by atoms with Crippen LogP contribution in [0.1, 0.15) is 32.2 Å². The summed E-state index contributed by atoms with van der Waals surface area (Å²) >= 11 is 1.68. The number of pyridine rings is 2. The molecule has 6 heteroatoms. The predicted octanol–water partition coefficient (Wildman–Crippen LogP) is 4.69. The molecule has 130 valence electrons. The molecule has 1 amide bonds. The van der Waals surface area contributed by atoms with Gasteiger partial charge in [-0.15, -0.1) is 11.3 Å². The van der Waals surface area contributed by atoms with Gasteiger partial charge >= 0.3 is 6.09 Å². The number of nitrogens with one attached hydrogen (secondary N) is 1. The monoisotopic (exact) mass is 355 g/mol. The number of fused-ring (bicyclic) bond motifs is 1. The van der Waals surface area contributed by atoms with Crippen molar-refractivity contribution in [3.63, 3.8) is 0 Å². The maximum Gasteiger partial charge on any atom is 0.407 e. The standard InChI is InChI=1S/C19H21N3O2S/c1-12-5-6-16-17(22-12)15(11-25-16)13-7-8-20-14(9-13)10-21-18(23)24-19(2,3)4/h5-9,11H,10H2,1-4H3,(H,21,23). The van der Waals surface area contributed by atoms with E-state index < -0.39 is 11.7 Å². The van der Waals surface area contributed by atoms with Gasteiger partial charge in [-0.05, 0) is 57.5 Å². The van der Waals surface area contributed by atoms with E-state index in [9.17, 15) is 4.79 Å². The molecule has 0 fully saturated rings. The second-order valence-electron chi connectivity index (χ2n) is 6.84. The summed E-state index contributed by atoms with van der Waals surface area (Å²) in [6, 6.07) is 8.05. The summed E-state index contributed by atoms with van der Waals surface area (Å²) < 4.78 is 6.40. The van der Waals surface area contributed by atoms with E-state index in [1.165, 1.54) is 0 Å². The molecule has 0 aliphatic carbocycles. The van der Waals surface area contributed by atoms with E-state index in [4.69, 9.17) is 4.74 Å². The second-order valence-corrected chi connectivity index (χ2v) is 7.75. The van der Waals surface area contributed by atoms with Gasteiger partial charge in [-0.2, -0.15) is 0 Å². The van der Waals surface area contributed by atoms with E-state index in [2.05, 4.69) is 26.7 Å². The number of aromatic nitrogens is 2. The van der Waals surface area contributed by atoms with E-state index in [0.29, 0.717) is 6.54 Å². The first-order chi connectivity index (χ1) is 11.8. The zero-order valence-corrected chi connectivity index (χ0v) is 15.6. The van der Waals surface area contributed by atoms with Gasteiger partial charge in [0.2, 0.25) is 0 Å². The summed E-state index contributed by atoms with van der Waals surface area (Å²) in [7, 11) is 0. The molecule has 0 aliphatic rings. The lowest BCUT2D eigenvalue weighted by atomic mass is 10.1. The first-order valence-electron chi connectivity index (χ1n) is 8.09. The fourth-order valence-corrected chi connectivity index (χ4v) is 3.34. The molecular weight excluding hydrogens is 334 g/mol. The molecule has 0 aliphatic heterocycles. The molecule has 3 aromatic rings. The fraction of sp³-hybridized carbons (Fsp3) is 0.316. The molecule has 5 nitrogen and oxygen atoms in total. The molecule has 3 aromatic heterocycles. The topological polar surface area (TPSA) is 64.1 Å². The summed E-state index contributed by atoms with van der Waals surface area (Å²) in [6.45, 7) is 7.81. The Morgan fingerprint density at radius 3 is 2.84 bits per heavy atom. The number of carbonyl (C=O) groups excluding carboxylic acids is 1. The van der Waals surface area contributed by atoms with Gasteiger partial charge in [0.1, 0.15) is 5.60 Å². The average molecular weight is 355 g/mol. The smallest absolute Gasteiger partial charge is 0.407 e. The first-order valence-corrected chi connectivity index (χ1v) is 8.97. The third-order valence-electron chi connectivity index (χ3n) is 3.50. The highest BCUT2D eigenvalue weighted by atomic mass is 32.1. The van der Waals surface area contributed by atoms with E-state index in [0.717, 1.165) is 32.7 Å². The molecule has 0 bridgehead atoms. The third-order valence-corrected chi connectivity index (χ3v) is 4.43. The Bertz CT molecular complexity index is 912. The van der Waals surface area contributed by atoms with Crippen molar-refractivity contribution in [1.29, 1.82) is 0 Å². The summed E-state index contributed by atoms with van der Waals surface area (Å²) in [5.41, 5.74) is 4.38. The number of hydrogen-bond acceptors (Lipinski definition) is 5. The summed E-state index contributed by atoms with van der Waals surface area (Å²) in [6.07, 6.45) is 1.30. The highest BCUT2D eigenvalue weighted by molar-refractivity contribution is 7.17. The number of amides is 1. The lowest BCUT2D eigenvalue weighted by molar-refractivity contribution is 0.0523. The minimum Gasteiger partial charge on any atom is -0.444 e. The van der Waals surface area contributed by atoms with Gasteiger partial charge in [0, 0.05) is 22.8 Å². The molecule has 0 radical (unpaired) electrons. The fourth-order valence-electron chi connectivity index (χ4n) is 2.43. The van der Waals surface area contributed by atoms with Crippen LogP contribution < -0.4 is 5.32 Å². The molecular formula is C19H21N3O2S. The van der Waals surface area contributed by atoms with Crippen molar-refractivity contribution in [2.45, 2.75) is 39.8 Å².